The summed E-state index contributed by atoms with van der Waals surface area (Å²) in [6.45, 7) is 7.23. The molecule has 0 radical (unpaired) electrons. The maximum Gasteiger partial charge on any atom is 0.107 e. The molecule has 0 saturated carbocycles. The second-order valence-electron chi connectivity index (χ2n) is 3.14. The zero-order valence-corrected chi connectivity index (χ0v) is 7.93. The van der Waals surface area contributed by atoms with Crippen molar-refractivity contribution < 1.29 is 5.11 Å². The third kappa shape index (κ3) is 5.22. The van der Waals surface area contributed by atoms with Crippen LogP contribution in [0.5, 0.6) is 0 Å². The lowest BCUT2D eigenvalue weighted by molar-refractivity contribution is 0.0808. The van der Waals surface area contributed by atoms with E-state index in [4.69, 9.17) is 0 Å². The maximum absolute atomic E-state index is 9.43. The van der Waals surface area contributed by atoms with Crippen molar-refractivity contribution in [2.45, 2.75) is 46.3 Å². The molecule has 2 atom stereocenters. The number of aliphatic hydroxyl groups excluding tert-OH is 1. The minimum Gasteiger partial charge on any atom is -0.378 e. The zero-order chi connectivity index (χ0) is 8.69. The van der Waals surface area contributed by atoms with Crippen LogP contribution in [-0.2, 0) is 0 Å². The van der Waals surface area contributed by atoms with Crippen LogP contribution in [-0.4, -0.2) is 17.9 Å². The molecule has 2 heteroatoms. The van der Waals surface area contributed by atoms with Crippen molar-refractivity contribution in [2.75, 3.05) is 6.54 Å². The van der Waals surface area contributed by atoms with Gasteiger partial charge in [0.1, 0.15) is 6.23 Å². The topological polar surface area (TPSA) is 32.3 Å². The summed E-state index contributed by atoms with van der Waals surface area (Å²) in [5.74, 6) is 0.367. The van der Waals surface area contributed by atoms with Gasteiger partial charge in [0.05, 0.1) is 0 Å². The summed E-state index contributed by atoms with van der Waals surface area (Å²) < 4.78 is 0. The molecule has 0 amide bonds. The third-order valence-corrected chi connectivity index (χ3v) is 2.07. The standard InChI is InChI=1S/C9H21NO/c1-4-6-7-10-9(11)8(3)5-2/h8-11H,4-7H2,1-3H3. The van der Waals surface area contributed by atoms with Crippen LogP contribution >= 0.6 is 0 Å². The van der Waals surface area contributed by atoms with Gasteiger partial charge in [-0.2, -0.15) is 0 Å². The summed E-state index contributed by atoms with van der Waals surface area (Å²) in [5.41, 5.74) is 0. The maximum atomic E-state index is 9.43. The number of hydrogen-bond donors (Lipinski definition) is 2. The molecular formula is C9H21NO. The van der Waals surface area contributed by atoms with E-state index in [1.54, 1.807) is 0 Å². The first kappa shape index (κ1) is 10.9. The lowest BCUT2D eigenvalue weighted by Crippen LogP contribution is -2.34. The van der Waals surface area contributed by atoms with Crippen molar-refractivity contribution in [3.63, 3.8) is 0 Å². The lowest BCUT2D eigenvalue weighted by atomic mass is 10.1. The van der Waals surface area contributed by atoms with Gasteiger partial charge in [-0.05, 0) is 25.3 Å². The quantitative estimate of drug-likeness (QED) is 0.457. The monoisotopic (exact) mass is 159 g/mol. The summed E-state index contributed by atoms with van der Waals surface area (Å²) in [7, 11) is 0. The van der Waals surface area contributed by atoms with Crippen LogP contribution in [0.25, 0.3) is 0 Å². The van der Waals surface area contributed by atoms with E-state index < -0.39 is 0 Å². The molecular weight excluding hydrogens is 138 g/mol. The van der Waals surface area contributed by atoms with E-state index >= 15 is 0 Å². The molecule has 0 aromatic heterocycles. The average molecular weight is 159 g/mol. The molecule has 0 aromatic carbocycles. The molecule has 68 valence electrons. The largest absolute Gasteiger partial charge is 0.378 e. The molecule has 2 N–H and O–H groups in total. The summed E-state index contributed by atoms with van der Waals surface area (Å²) >= 11 is 0. The Morgan fingerprint density at radius 1 is 1.36 bits per heavy atom. The van der Waals surface area contributed by atoms with Gasteiger partial charge in [0.2, 0.25) is 0 Å². The van der Waals surface area contributed by atoms with Gasteiger partial charge < -0.3 is 5.11 Å². The smallest absolute Gasteiger partial charge is 0.107 e. The fourth-order valence-corrected chi connectivity index (χ4v) is 0.851. The van der Waals surface area contributed by atoms with Gasteiger partial charge in [-0.3, -0.25) is 5.32 Å². The molecule has 0 saturated heterocycles. The van der Waals surface area contributed by atoms with E-state index in [1.165, 1.54) is 6.42 Å². The highest BCUT2D eigenvalue weighted by Gasteiger charge is 2.09. The Labute approximate surface area is 70.0 Å². The Hall–Kier alpha value is -0.0800. The van der Waals surface area contributed by atoms with Crippen molar-refractivity contribution in [1.29, 1.82) is 0 Å². The number of aliphatic hydroxyl groups is 1. The molecule has 2 nitrogen and oxygen atoms in total. The predicted molar refractivity (Wildman–Crippen MR) is 48.4 cm³/mol. The van der Waals surface area contributed by atoms with Crippen molar-refractivity contribution in [1.82, 2.24) is 5.32 Å². The molecule has 2 unspecified atom stereocenters. The summed E-state index contributed by atoms with van der Waals surface area (Å²) in [5, 5.41) is 12.5. The number of unbranched alkanes of at least 4 members (excludes halogenated alkanes) is 1. The van der Waals surface area contributed by atoms with Crippen LogP contribution in [0.3, 0.4) is 0 Å². The number of rotatable bonds is 6. The van der Waals surface area contributed by atoms with Crippen molar-refractivity contribution in [2.24, 2.45) is 5.92 Å². The Kier molecular flexibility index (Phi) is 6.57. The molecule has 0 aliphatic heterocycles. The second-order valence-corrected chi connectivity index (χ2v) is 3.14. The summed E-state index contributed by atoms with van der Waals surface area (Å²) in [6.07, 6.45) is 3.04. The highest BCUT2D eigenvalue weighted by atomic mass is 16.3. The lowest BCUT2D eigenvalue weighted by Gasteiger charge is -2.18. The van der Waals surface area contributed by atoms with Crippen LogP contribution in [0.2, 0.25) is 0 Å². The van der Waals surface area contributed by atoms with E-state index in [-0.39, 0.29) is 6.23 Å². The summed E-state index contributed by atoms with van der Waals surface area (Å²) in [4.78, 5) is 0. The van der Waals surface area contributed by atoms with E-state index in [1.807, 2.05) is 0 Å². The molecule has 0 aliphatic carbocycles. The summed E-state index contributed by atoms with van der Waals surface area (Å²) in [6, 6.07) is 0. The van der Waals surface area contributed by atoms with Crippen molar-refractivity contribution >= 4 is 0 Å². The molecule has 11 heavy (non-hydrogen) atoms. The molecule has 0 rings (SSSR count). The molecule has 0 spiro atoms. The van der Waals surface area contributed by atoms with E-state index in [0.717, 1.165) is 19.4 Å². The Balaban J connectivity index is 3.28. The normalized spacial score (nSPS) is 16.4. The van der Waals surface area contributed by atoms with Crippen LogP contribution in [0.4, 0.5) is 0 Å². The van der Waals surface area contributed by atoms with E-state index in [0.29, 0.717) is 5.92 Å². The average Bonchev–Trinajstić information content (AvgIpc) is 2.03. The molecule has 0 aromatic rings. The number of nitrogens with one attached hydrogen (secondary N) is 1. The van der Waals surface area contributed by atoms with Crippen LogP contribution in [0, 0.1) is 5.92 Å². The first-order valence-corrected chi connectivity index (χ1v) is 4.63. The Morgan fingerprint density at radius 3 is 2.45 bits per heavy atom. The van der Waals surface area contributed by atoms with Gasteiger partial charge in [-0.25, -0.2) is 0 Å². The first-order valence-electron chi connectivity index (χ1n) is 4.63. The minimum atomic E-state index is -0.313. The van der Waals surface area contributed by atoms with Crippen LogP contribution in [0.15, 0.2) is 0 Å². The second kappa shape index (κ2) is 6.62. The van der Waals surface area contributed by atoms with Crippen LogP contribution < -0.4 is 5.32 Å². The molecule has 0 fully saturated rings. The fourth-order valence-electron chi connectivity index (χ4n) is 0.851. The van der Waals surface area contributed by atoms with Crippen LogP contribution in [0.1, 0.15) is 40.0 Å². The van der Waals surface area contributed by atoms with Gasteiger partial charge in [0, 0.05) is 0 Å². The molecule has 0 heterocycles. The van der Waals surface area contributed by atoms with E-state index in [9.17, 15) is 5.11 Å². The fraction of sp³-hybridized carbons (Fsp3) is 1.00. The SMILES string of the molecule is CCCCNC(O)C(C)CC. The first-order chi connectivity index (χ1) is 5.22. The highest BCUT2D eigenvalue weighted by Crippen LogP contribution is 2.04. The van der Waals surface area contributed by atoms with Crippen molar-refractivity contribution in [3.05, 3.63) is 0 Å². The Morgan fingerprint density at radius 2 is 2.00 bits per heavy atom. The van der Waals surface area contributed by atoms with Crippen molar-refractivity contribution in [3.8, 4) is 0 Å². The third-order valence-electron chi connectivity index (χ3n) is 2.07. The van der Waals surface area contributed by atoms with Gasteiger partial charge in [-0.15, -0.1) is 0 Å². The minimum absolute atomic E-state index is 0.313. The molecule has 0 aliphatic rings. The predicted octanol–water partition coefficient (Wildman–Crippen LogP) is 1.74. The Bertz CT molecular complexity index is 85.6. The van der Waals surface area contributed by atoms with Gasteiger partial charge >= 0.3 is 0 Å². The number of hydrogen-bond acceptors (Lipinski definition) is 2. The van der Waals surface area contributed by atoms with E-state index in [2.05, 4.69) is 26.1 Å². The van der Waals surface area contributed by atoms with Gasteiger partial charge in [-0.1, -0.05) is 27.2 Å². The molecule has 0 bridgehead atoms. The van der Waals surface area contributed by atoms with Gasteiger partial charge in [0.25, 0.3) is 0 Å². The highest BCUT2D eigenvalue weighted by molar-refractivity contribution is 4.59. The zero-order valence-electron chi connectivity index (χ0n) is 7.93. The van der Waals surface area contributed by atoms with Gasteiger partial charge in [0.15, 0.2) is 0 Å².